The van der Waals surface area contributed by atoms with Crippen molar-refractivity contribution in [2.75, 3.05) is 38.3 Å². The van der Waals surface area contributed by atoms with Crippen LogP contribution in [0.5, 0.6) is 5.75 Å². The van der Waals surface area contributed by atoms with E-state index < -0.39 is 28.1 Å². The van der Waals surface area contributed by atoms with Gasteiger partial charge in [0.15, 0.2) is 0 Å². The predicted octanol–water partition coefficient (Wildman–Crippen LogP) is 4.60. The molecule has 0 radical (unpaired) electrons. The number of ether oxygens (including phenoxy) is 2. The van der Waals surface area contributed by atoms with E-state index in [1.165, 1.54) is 24.1 Å². The number of amides is 2. The molecule has 2 amide bonds. The van der Waals surface area contributed by atoms with Gasteiger partial charge in [-0.15, -0.1) is 0 Å². The van der Waals surface area contributed by atoms with Crippen LogP contribution in [-0.2, 0) is 31.4 Å². The lowest BCUT2D eigenvalue weighted by Crippen LogP contribution is -2.50. The van der Waals surface area contributed by atoms with Gasteiger partial charge in [0.25, 0.3) is 15.9 Å². The molecule has 44 heavy (non-hydrogen) atoms. The van der Waals surface area contributed by atoms with Crippen molar-refractivity contribution in [1.29, 1.82) is 0 Å². The van der Waals surface area contributed by atoms with E-state index in [1.807, 2.05) is 18.2 Å². The van der Waals surface area contributed by atoms with Crippen LogP contribution in [0.1, 0.15) is 43.7 Å². The molecule has 0 aromatic heterocycles. The topological polar surface area (TPSA) is 125 Å². The number of carbonyl (C=O) groups is 2. The second-order valence-electron chi connectivity index (χ2n) is 12.4. The molecule has 2 heterocycles. The zero-order valence-electron chi connectivity index (χ0n) is 24.9. The van der Waals surface area contributed by atoms with Crippen LogP contribution in [0, 0.1) is 11.8 Å². The van der Waals surface area contributed by atoms with E-state index in [0.717, 1.165) is 37.0 Å². The number of nitrogens with zero attached hydrogens (tertiary/aromatic N) is 2. The molecule has 236 valence electrons. The van der Waals surface area contributed by atoms with Crippen molar-refractivity contribution in [1.82, 2.24) is 9.62 Å². The van der Waals surface area contributed by atoms with Crippen molar-refractivity contribution in [3.05, 3.63) is 64.7 Å². The van der Waals surface area contributed by atoms with Crippen molar-refractivity contribution < 1.29 is 32.6 Å². The molecule has 6 rings (SSSR count). The highest BCUT2D eigenvalue weighted by atomic mass is 35.5. The van der Waals surface area contributed by atoms with Gasteiger partial charge in [0.05, 0.1) is 23.3 Å². The summed E-state index contributed by atoms with van der Waals surface area (Å²) in [5.41, 5.74) is 2.77. The van der Waals surface area contributed by atoms with E-state index >= 15 is 0 Å². The molecule has 2 N–H and O–H groups in total. The van der Waals surface area contributed by atoms with E-state index in [9.17, 15) is 23.1 Å². The van der Waals surface area contributed by atoms with Crippen LogP contribution in [0.15, 0.2) is 53.4 Å². The molecule has 1 spiro atoms. The van der Waals surface area contributed by atoms with Gasteiger partial charge in [-0.25, -0.2) is 17.9 Å². The quantitative estimate of drug-likeness (QED) is 0.432. The predicted molar refractivity (Wildman–Crippen MR) is 166 cm³/mol. The molecule has 2 aromatic rings. The molecule has 1 fully saturated rings. The summed E-state index contributed by atoms with van der Waals surface area (Å²) < 4.78 is 41.5. The Hall–Kier alpha value is -3.28. The third-order valence-corrected chi connectivity index (χ3v) is 11.5. The first-order valence-electron chi connectivity index (χ1n) is 15.1. The van der Waals surface area contributed by atoms with Gasteiger partial charge >= 0.3 is 6.09 Å². The molecule has 5 atom stereocenters. The highest BCUT2D eigenvalue weighted by Gasteiger charge is 2.44. The minimum Gasteiger partial charge on any atom is -0.490 e. The van der Waals surface area contributed by atoms with Crippen molar-refractivity contribution >= 4 is 39.3 Å². The standard InChI is InChI=1S/C32H38ClN3O7S/c1-20-30(37)34-44(40,41)24-9-12-29-27(16-24)35(17-22-7-10-25(22)28(42-2)6-4-14-36(20)31(38)39)18-32(19-43-29)13-3-5-21-15-23(33)8-11-26(21)32/h4,6,8-9,11-12,15-16,20,22,25,28H,3,5,7,10,13-14,17-19H2,1-2H3,(H,34,37)(H,38,39)/b6-4+/t20-,22-,25+,28+,32-/m0/s1. The fourth-order valence-electron chi connectivity index (χ4n) is 7.32. The Morgan fingerprint density at radius 1 is 1.20 bits per heavy atom. The summed E-state index contributed by atoms with van der Waals surface area (Å²) in [4.78, 5) is 28.1. The normalized spacial score (nSPS) is 30.6. The molecule has 12 heteroatoms. The lowest BCUT2D eigenvalue weighted by Gasteiger charge is -2.46. The minimum atomic E-state index is -4.32. The third kappa shape index (κ3) is 5.65. The SMILES string of the molecule is CO[C@@H]1/C=C/CN(C(=O)O)[C@@H](C)C(=O)NS(=O)(=O)c2ccc3c(c2)N(C[C@@H]2CC[C@H]21)C[C@@]1(CCCc2cc(Cl)ccc21)CO3. The van der Waals surface area contributed by atoms with Gasteiger partial charge in [-0.05, 0) is 92.3 Å². The average molecular weight is 644 g/mol. The maximum atomic E-state index is 13.5. The van der Waals surface area contributed by atoms with Gasteiger partial charge in [0.2, 0.25) is 0 Å². The third-order valence-electron chi connectivity index (χ3n) is 9.90. The van der Waals surface area contributed by atoms with Crippen LogP contribution in [0.4, 0.5) is 10.5 Å². The summed E-state index contributed by atoms with van der Waals surface area (Å²) in [7, 11) is -2.67. The molecule has 2 aliphatic carbocycles. The first kappa shape index (κ1) is 30.7. The molecular weight excluding hydrogens is 606 g/mol. The van der Waals surface area contributed by atoms with Gasteiger partial charge in [-0.1, -0.05) is 29.8 Å². The number of rotatable bonds is 1. The van der Waals surface area contributed by atoms with Gasteiger partial charge in [0.1, 0.15) is 11.8 Å². The number of benzene rings is 2. The number of aryl methyl sites for hydroxylation is 1. The molecule has 0 saturated heterocycles. The summed E-state index contributed by atoms with van der Waals surface area (Å²) >= 11 is 6.38. The molecule has 0 unspecified atom stereocenters. The second-order valence-corrected chi connectivity index (χ2v) is 14.6. The summed E-state index contributed by atoms with van der Waals surface area (Å²) in [6.07, 6.45) is 6.76. The number of carbonyl (C=O) groups excluding carboxylic acids is 1. The van der Waals surface area contributed by atoms with Gasteiger partial charge in [-0.3, -0.25) is 9.69 Å². The summed E-state index contributed by atoms with van der Waals surface area (Å²) in [5.74, 6) is 0.0906. The number of sulfonamides is 1. The average Bonchev–Trinajstić information content (AvgIpc) is 3.12. The first-order chi connectivity index (χ1) is 21.0. The van der Waals surface area contributed by atoms with E-state index in [1.54, 1.807) is 25.3 Å². The molecule has 2 aliphatic heterocycles. The Kier molecular flexibility index (Phi) is 8.32. The summed E-state index contributed by atoms with van der Waals surface area (Å²) in [6.45, 7) is 3.01. The molecule has 2 aromatic carbocycles. The van der Waals surface area contributed by atoms with E-state index in [0.29, 0.717) is 36.2 Å². The zero-order chi connectivity index (χ0) is 31.2. The van der Waals surface area contributed by atoms with Crippen molar-refractivity contribution in [3.63, 3.8) is 0 Å². The Bertz CT molecular complexity index is 1600. The molecule has 10 nitrogen and oxygen atoms in total. The number of anilines is 1. The lowest BCUT2D eigenvalue weighted by atomic mass is 9.68. The van der Waals surface area contributed by atoms with Crippen LogP contribution in [0.2, 0.25) is 5.02 Å². The Balaban J connectivity index is 1.44. The van der Waals surface area contributed by atoms with E-state index in [-0.39, 0.29) is 34.8 Å². The van der Waals surface area contributed by atoms with Crippen LogP contribution in [-0.4, -0.2) is 75.9 Å². The highest BCUT2D eigenvalue weighted by molar-refractivity contribution is 7.90. The summed E-state index contributed by atoms with van der Waals surface area (Å²) in [5, 5.41) is 10.5. The smallest absolute Gasteiger partial charge is 0.408 e. The first-order valence-corrected chi connectivity index (χ1v) is 16.9. The number of nitrogens with one attached hydrogen (secondary N) is 1. The Morgan fingerprint density at radius 3 is 2.75 bits per heavy atom. The highest BCUT2D eigenvalue weighted by Crippen LogP contribution is 2.47. The molecular formula is C32H38ClN3O7S. The fourth-order valence-corrected chi connectivity index (χ4v) is 8.58. The van der Waals surface area contributed by atoms with Crippen LogP contribution < -0.4 is 14.4 Å². The summed E-state index contributed by atoms with van der Waals surface area (Å²) in [6, 6.07) is 9.48. The second kappa shape index (κ2) is 11.9. The zero-order valence-corrected chi connectivity index (χ0v) is 26.4. The number of carboxylic acid groups (broad SMARTS) is 1. The monoisotopic (exact) mass is 643 g/mol. The Morgan fingerprint density at radius 2 is 2.02 bits per heavy atom. The number of halogens is 1. The maximum absolute atomic E-state index is 13.5. The van der Waals surface area contributed by atoms with Crippen LogP contribution in [0.3, 0.4) is 0 Å². The number of fused-ring (bicyclic) bond motifs is 4. The van der Waals surface area contributed by atoms with Crippen molar-refractivity contribution in [2.45, 2.75) is 61.5 Å². The maximum Gasteiger partial charge on any atom is 0.408 e. The fraction of sp³-hybridized carbons (Fsp3) is 0.500. The van der Waals surface area contributed by atoms with Crippen LogP contribution in [0.25, 0.3) is 0 Å². The minimum absolute atomic E-state index is 0.0878. The largest absolute Gasteiger partial charge is 0.490 e. The van der Waals surface area contributed by atoms with E-state index in [4.69, 9.17) is 21.1 Å². The van der Waals surface area contributed by atoms with Crippen molar-refractivity contribution in [3.8, 4) is 5.75 Å². The number of hydrogen-bond acceptors (Lipinski definition) is 7. The van der Waals surface area contributed by atoms with Gasteiger partial charge < -0.3 is 19.5 Å². The Labute approximate surface area is 263 Å². The molecule has 2 bridgehead atoms. The molecule has 1 saturated carbocycles. The van der Waals surface area contributed by atoms with Crippen molar-refractivity contribution in [2.24, 2.45) is 11.8 Å². The molecule has 4 aliphatic rings. The number of methoxy groups -OCH3 is 1. The van der Waals surface area contributed by atoms with E-state index in [2.05, 4.69) is 15.7 Å². The van der Waals surface area contributed by atoms with Gasteiger partial charge in [-0.2, -0.15) is 0 Å². The number of hydrogen-bond donors (Lipinski definition) is 2. The lowest BCUT2D eigenvalue weighted by molar-refractivity contribution is -0.123. The van der Waals surface area contributed by atoms with Gasteiger partial charge in [0, 0.05) is 37.2 Å². The van der Waals surface area contributed by atoms with Crippen LogP contribution >= 0.6 is 11.6 Å².